The number of carbonyl (C=O) groups is 3. The molecule has 0 aliphatic carbocycles. The van der Waals surface area contributed by atoms with E-state index in [1.165, 1.54) is 17.0 Å². The normalized spacial score (nSPS) is 11.7. The van der Waals surface area contributed by atoms with Crippen LogP contribution in [0.25, 0.3) is 0 Å². The quantitative estimate of drug-likeness (QED) is 0.300. The molecule has 2 N–H and O–H groups in total. The summed E-state index contributed by atoms with van der Waals surface area (Å²) < 4.78 is 19.0. The van der Waals surface area contributed by atoms with Crippen LogP contribution < -0.4 is 5.32 Å². The number of halogens is 2. The van der Waals surface area contributed by atoms with Crippen LogP contribution >= 0.6 is 11.6 Å². The van der Waals surface area contributed by atoms with Gasteiger partial charge in [-0.25, -0.2) is 4.39 Å². The molecular weight excluding hydrogens is 439 g/mol. The van der Waals surface area contributed by atoms with Crippen molar-refractivity contribution in [2.45, 2.75) is 71.4 Å². The molecule has 32 heavy (non-hydrogen) atoms. The molecule has 0 spiro atoms. The molecule has 0 saturated heterocycles. The number of esters is 1. The number of hydrogen-bond acceptors (Lipinski definition) is 5. The largest absolute Gasteiger partial charge is 0.456 e. The third-order valence-electron chi connectivity index (χ3n) is 5.06. The van der Waals surface area contributed by atoms with Gasteiger partial charge in [0, 0.05) is 31.2 Å². The Morgan fingerprint density at radius 3 is 2.62 bits per heavy atom. The van der Waals surface area contributed by atoms with Gasteiger partial charge in [-0.2, -0.15) is 0 Å². The lowest BCUT2D eigenvalue weighted by Crippen LogP contribution is -2.47. The predicted octanol–water partition coefficient (Wildman–Crippen LogP) is 3.60. The fourth-order valence-corrected chi connectivity index (χ4v) is 3.29. The van der Waals surface area contributed by atoms with E-state index in [1.54, 1.807) is 13.0 Å². The van der Waals surface area contributed by atoms with E-state index in [1.807, 2.05) is 0 Å². The van der Waals surface area contributed by atoms with Crippen LogP contribution in [0.5, 0.6) is 0 Å². The lowest BCUT2D eigenvalue weighted by molar-refractivity contribution is -0.153. The van der Waals surface area contributed by atoms with Gasteiger partial charge in [0.05, 0.1) is 11.6 Å². The second kappa shape index (κ2) is 15.6. The van der Waals surface area contributed by atoms with E-state index >= 15 is 0 Å². The molecule has 0 aliphatic rings. The van der Waals surface area contributed by atoms with Gasteiger partial charge in [-0.1, -0.05) is 56.3 Å². The Morgan fingerprint density at radius 2 is 1.94 bits per heavy atom. The van der Waals surface area contributed by atoms with E-state index in [0.29, 0.717) is 6.42 Å². The molecule has 180 valence electrons. The van der Waals surface area contributed by atoms with Gasteiger partial charge in [-0.15, -0.1) is 0 Å². The molecule has 1 aromatic carbocycles. The van der Waals surface area contributed by atoms with Crippen molar-refractivity contribution in [1.29, 1.82) is 0 Å². The predicted molar refractivity (Wildman–Crippen MR) is 120 cm³/mol. The maximum atomic E-state index is 14.0. The summed E-state index contributed by atoms with van der Waals surface area (Å²) in [6.45, 7) is 2.76. The van der Waals surface area contributed by atoms with Crippen molar-refractivity contribution in [1.82, 2.24) is 10.2 Å². The second-order valence-electron chi connectivity index (χ2n) is 7.70. The standard InChI is InChI=1S/C23H34ClFN2O5/c1-3-4-5-6-7-11-22(31)32-16-21(30)27(17(2)12-13-28)15-20(29)26-14-18-9-8-10-19(24)23(18)25/h8-10,17,28H,3-7,11-16H2,1-2H3,(H,26,29). The molecular formula is C23H34ClFN2O5. The number of rotatable bonds is 15. The Kier molecular flexibility index (Phi) is 13.6. The minimum absolute atomic E-state index is 0.0442. The molecule has 1 rings (SSSR count). The van der Waals surface area contributed by atoms with Crippen LogP contribution in [-0.2, 0) is 25.7 Å². The van der Waals surface area contributed by atoms with Gasteiger partial charge in [-0.3, -0.25) is 14.4 Å². The van der Waals surface area contributed by atoms with Crippen LogP contribution in [0.4, 0.5) is 4.39 Å². The van der Waals surface area contributed by atoms with Crippen molar-refractivity contribution in [2.75, 3.05) is 19.8 Å². The Bertz CT molecular complexity index is 747. The molecule has 7 nitrogen and oxygen atoms in total. The van der Waals surface area contributed by atoms with E-state index in [2.05, 4.69) is 12.2 Å². The monoisotopic (exact) mass is 472 g/mol. The average molecular weight is 473 g/mol. The summed E-state index contributed by atoms with van der Waals surface area (Å²) >= 11 is 5.74. The Hall–Kier alpha value is -2.19. The molecule has 0 fully saturated rings. The van der Waals surface area contributed by atoms with Crippen molar-refractivity contribution in [3.8, 4) is 0 Å². The van der Waals surface area contributed by atoms with E-state index in [0.717, 1.165) is 25.7 Å². The highest BCUT2D eigenvalue weighted by molar-refractivity contribution is 6.30. The molecule has 0 saturated carbocycles. The fraction of sp³-hybridized carbons (Fsp3) is 0.609. The van der Waals surface area contributed by atoms with Crippen molar-refractivity contribution >= 4 is 29.4 Å². The zero-order chi connectivity index (χ0) is 23.9. The SMILES string of the molecule is CCCCCCCC(=O)OCC(=O)N(CC(=O)NCc1cccc(Cl)c1F)C(C)CCO. The summed E-state index contributed by atoms with van der Waals surface area (Å²) in [5, 5.41) is 11.7. The number of carbonyl (C=O) groups excluding carboxylic acids is 3. The second-order valence-corrected chi connectivity index (χ2v) is 8.10. The molecule has 0 bridgehead atoms. The Morgan fingerprint density at radius 1 is 1.22 bits per heavy atom. The Balaban J connectivity index is 2.57. The topological polar surface area (TPSA) is 95.9 Å². The first-order chi connectivity index (χ1) is 15.3. The Labute approximate surface area is 194 Å². The van der Waals surface area contributed by atoms with E-state index in [4.69, 9.17) is 16.3 Å². The highest BCUT2D eigenvalue weighted by Crippen LogP contribution is 2.17. The summed E-state index contributed by atoms with van der Waals surface area (Å²) in [6.07, 6.45) is 5.44. The van der Waals surface area contributed by atoms with Gasteiger partial charge >= 0.3 is 5.97 Å². The number of nitrogens with zero attached hydrogens (tertiary/aromatic N) is 1. The molecule has 0 heterocycles. The fourth-order valence-electron chi connectivity index (χ4n) is 3.09. The zero-order valence-corrected chi connectivity index (χ0v) is 19.6. The van der Waals surface area contributed by atoms with Crippen molar-refractivity contribution in [3.63, 3.8) is 0 Å². The number of aliphatic hydroxyl groups excluding tert-OH is 1. The summed E-state index contributed by atoms with van der Waals surface area (Å²) in [4.78, 5) is 38.1. The van der Waals surface area contributed by atoms with Gasteiger partial charge in [0.1, 0.15) is 5.82 Å². The smallest absolute Gasteiger partial charge is 0.306 e. The molecule has 1 atom stereocenters. The molecule has 0 aliphatic heterocycles. The molecule has 1 unspecified atom stereocenters. The first kappa shape index (κ1) is 27.8. The minimum atomic E-state index is -0.613. The number of nitrogens with one attached hydrogen (secondary N) is 1. The average Bonchev–Trinajstić information content (AvgIpc) is 2.76. The highest BCUT2D eigenvalue weighted by Gasteiger charge is 2.24. The molecule has 0 aromatic heterocycles. The van der Waals surface area contributed by atoms with E-state index in [-0.39, 0.29) is 43.1 Å². The van der Waals surface area contributed by atoms with Gasteiger partial charge in [0.25, 0.3) is 5.91 Å². The van der Waals surface area contributed by atoms with E-state index in [9.17, 15) is 23.9 Å². The lowest BCUT2D eigenvalue weighted by atomic mass is 10.1. The number of ether oxygens (including phenoxy) is 1. The van der Waals surface area contributed by atoms with Crippen LogP contribution in [0.1, 0.15) is 64.4 Å². The number of amides is 2. The molecule has 1 aromatic rings. The number of hydrogen-bond donors (Lipinski definition) is 2. The summed E-state index contributed by atoms with van der Waals surface area (Å²) in [7, 11) is 0. The molecule has 0 radical (unpaired) electrons. The van der Waals surface area contributed by atoms with Crippen molar-refractivity contribution in [2.24, 2.45) is 0 Å². The first-order valence-electron chi connectivity index (χ1n) is 11.1. The van der Waals surface area contributed by atoms with Crippen molar-refractivity contribution in [3.05, 3.63) is 34.6 Å². The van der Waals surface area contributed by atoms with E-state index < -0.39 is 36.2 Å². The van der Waals surface area contributed by atoms with Gasteiger partial charge in [0.2, 0.25) is 5.91 Å². The lowest BCUT2D eigenvalue weighted by Gasteiger charge is -2.28. The summed E-state index contributed by atoms with van der Waals surface area (Å²) in [6, 6.07) is 4.03. The van der Waals surface area contributed by atoms with Gasteiger partial charge in [-0.05, 0) is 25.8 Å². The van der Waals surface area contributed by atoms with Crippen molar-refractivity contribution < 1.29 is 28.6 Å². The third-order valence-corrected chi connectivity index (χ3v) is 5.35. The van der Waals surface area contributed by atoms with Crippen LogP contribution in [0.2, 0.25) is 5.02 Å². The van der Waals surface area contributed by atoms with Crippen LogP contribution in [0.15, 0.2) is 18.2 Å². The molecule has 2 amide bonds. The number of aliphatic hydroxyl groups is 1. The van der Waals surface area contributed by atoms with Gasteiger partial charge < -0.3 is 20.1 Å². The number of benzene rings is 1. The molecule has 9 heteroatoms. The maximum absolute atomic E-state index is 14.0. The van der Waals surface area contributed by atoms with Crippen LogP contribution in [0.3, 0.4) is 0 Å². The first-order valence-corrected chi connectivity index (χ1v) is 11.4. The third kappa shape index (κ3) is 10.4. The summed E-state index contributed by atoms with van der Waals surface area (Å²) in [5.41, 5.74) is 0.222. The summed E-state index contributed by atoms with van der Waals surface area (Å²) in [5.74, 6) is -2.11. The zero-order valence-electron chi connectivity index (χ0n) is 18.9. The van der Waals surface area contributed by atoms with Crippen LogP contribution in [0, 0.1) is 5.82 Å². The maximum Gasteiger partial charge on any atom is 0.306 e. The van der Waals surface area contributed by atoms with Gasteiger partial charge in [0.15, 0.2) is 6.61 Å². The van der Waals surface area contributed by atoms with Crippen LogP contribution in [-0.4, -0.2) is 53.6 Å². The minimum Gasteiger partial charge on any atom is -0.456 e. The number of unbranched alkanes of at least 4 members (excludes halogenated alkanes) is 4. The highest BCUT2D eigenvalue weighted by atomic mass is 35.5.